The second-order valence-corrected chi connectivity index (χ2v) is 9.03. The third kappa shape index (κ3) is 7.74. The van der Waals surface area contributed by atoms with Gasteiger partial charge in [0.05, 0.1) is 17.9 Å². The molecule has 2 aromatic rings. The topological polar surface area (TPSA) is 105 Å². The molecule has 0 fully saturated rings. The summed E-state index contributed by atoms with van der Waals surface area (Å²) in [5.41, 5.74) is 1.40. The highest BCUT2D eigenvalue weighted by Gasteiger charge is 2.20. The number of esters is 1. The summed E-state index contributed by atoms with van der Waals surface area (Å²) in [4.78, 5) is 23.3. The zero-order chi connectivity index (χ0) is 22.9. The summed E-state index contributed by atoms with van der Waals surface area (Å²) in [5.74, 6) is -0.877. The molecule has 2 aromatic carbocycles. The van der Waals surface area contributed by atoms with Gasteiger partial charge in [-0.1, -0.05) is 30.3 Å². The first kappa shape index (κ1) is 24.4. The number of rotatable bonds is 9. The fourth-order valence-electron chi connectivity index (χ4n) is 2.62. The lowest BCUT2D eigenvalue weighted by molar-refractivity contribution is -0.144. The lowest BCUT2D eigenvalue weighted by atomic mass is 10.2. The summed E-state index contributed by atoms with van der Waals surface area (Å²) in [6.07, 6.45) is -0.0864. The standard InChI is InChI=1S/C21H25N3O5S2/c1-3-29-20(26)14-13-19(25)23-21(30)22-17-9-11-18(12-10-17)31(27,28)24(2)15-16-7-5-4-6-8-16/h4-12H,3,13-15H2,1-2H3,(H2,22,23,25,30). The summed E-state index contributed by atoms with van der Waals surface area (Å²) in [7, 11) is -2.14. The first-order valence-electron chi connectivity index (χ1n) is 9.59. The molecule has 8 nitrogen and oxygen atoms in total. The maximum Gasteiger partial charge on any atom is 0.306 e. The largest absolute Gasteiger partial charge is 0.466 e. The first-order chi connectivity index (χ1) is 14.7. The van der Waals surface area contributed by atoms with E-state index < -0.39 is 21.9 Å². The van der Waals surface area contributed by atoms with Crippen LogP contribution in [0.25, 0.3) is 0 Å². The molecule has 0 radical (unpaired) electrons. The maximum atomic E-state index is 12.8. The van der Waals surface area contributed by atoms with Crippen LogP contribution >= 0.6 is 12.2 Å². The minimum Gasteiger partial charge on any atom is -0.466 e. The van der Waals surface area contributed by atoms with E-state index in [1.54, 1.807) is 19.1 Å². The van der Waals surface area contributed by atoms with E-state index in [2.05, 4.69) is 10.6 Å². The van der Waals surface area contributed by atoms with Gasteiger partial charge in [0, 0.05) is 25.7 Å². The number of sulfonamides is 1. The summed E-state index contributed by atoms with van der Waals surface area (Å²) in [6, 6.07) is 15.3. The molecule has 0 aromatic heterocycles. The molecule has 31 heavy (non-hydrogen) atoms. The lowest BCUT2D eigenvalue weighted by Crippen LogP contribution is -2.34. The Morgan fingerprint density at radius 1 is 1.03 bits per heavy atom. The van der Waals surface area contributed by atoms with Crippen LogP contribution in [0.2, 0.25) is 0 Å². The van der Waals surface area contributed by atoms with Crippen molar-refractivity contribution in [1.29, 1.82) is 0 Å². The third-order valence-electron chi connectivity index (χ3n) is 4.18. The van der Waals surface area contributed by atoms with Crippen LogP contribution in [-0.4, -0.2) is 43.4 Å². The van der Waals surface area contributed by atoms with E-state index in [-0.39, 0.29) is 36.0 Å². The Morgan fingerprint density at radius 3 is 2.29 bits per heavy atom. The number of anilines is 1. The minimum atomic E-state index is -3.66. The number of thiocarbonyl (C=S) groups is 1. The predicted octanol–water partition coefficient (Wildman–Crippen LogP) is 2.66. The van der Waals surface area contributed by atoms with Gasteiger partial charge in [-0.25, -0.2) is 8.42 Å². The van der Waals surface area contributed by atoms with Gasteiger partial charge in [0.2, 0.25) is 15.9 Å². The molecule has 1 amide bonds. The Kier molecular flexibility index (Phi) is 9.10. The van der Waals surface area contributed by atoms with Crippen molar-refractivity contribution in [3.05, 3.63) is 60.2 Å². The molecule has 2 rings (SSSR count). The van der Waals surface area contributed by atoms with Crippen LogP contribution < -0.4 is 10.6 Å². The Labute approximate surface area is 187 Å². The van der Waals surface area contributed by atoms with E-state index in [1.807, 2.05) is 30.3 Å². The molecule has 2 N–H and O–H groups in total. The SMILES string of the molecule is CCOC(=O)CCC(=O)NC(=S)Nc1ccc(S(=O)(=O)N(C)Cc2ccccc2)cc1. The fraction of sp³-hybridized carbons (Fsp3) is 0.286. The second kappa shape index (κ2) is 11.5. The van der Waals surface area contributed by atoms with E-state index >= 15 is 0 Å². The molecule has 0 spiro atoms. The molecular formula is C21H25N3O5S2. The van der Waals surface area contributed by atoms with Crippen molar-refractivity contribution in [2.24, 2.45) is 0 Å². The van der Waals surface area contributed by atoms with Crippen molar-refractivity contribution < 1.29 is 22.7 Å². The van der Waals surface area contributed by atoms with E-state index in [0.717, 1.165) is 5.56 Å². The Hall–Kier alpha value is -2.82. The number of carbonyl (C=O) groups excluding carboxylic acids is 2. The van der Waals surface area contributed by atoms with Crippen LogP contribution in [-0.2, 0) is 30.9 Å². The molecule has 0 saturated carbocycles. The molecule has 0 aliphatic heterocycles. The quantitative estimate of drug-likeness (QED) is 0.435. The van der Waals surface area contributed by atoms with Crippen LogP contribution in [0.1, 0.15) is 25.3 Å². The summed E-state index contributed by atoms with van der Waals surface area (Å²) >= 11 is 5.08. The second-order valence-electron chi connectivity index (χ2n) is 6.58. The molecule has 0 atom stereocenters. The zero-order valence-electron chi connectivity index (χ0n) is 17.3. The van der Waals surface area contributed by atoms with Crippen LogP contribution in [0.4, 0.5) is 5.69 Å². The zero-order valence-corrected chi connectivity index (χ0v) is 19.0. The van der Waals surface area contributed by atoms with Crippen LogP contribution in [0.15, 0.2) is 59.5 Å². The Morgan fingerprint density at radius 2 is 1.68 bits per heavy atom. The molecular weight excluding hydrogens is 438 g/mol. The molecule has 166 valence electrons. The molecule has 0 unspecified atom stereocenters. The van der Waals surface area contributed by atoms with Crippen LogP contribution in [0.5, 0.6) is 0 Å². The number of carbonyl (C=O) groups is 2. The number of amides is 1. The van der Waals surface area contributed by atoms with Crippen LogP contribution in [0, 0.1) is 0 Å². The maximum absolute atomic E-state index is 12.8. The number of nitrogens with one attached hydrogen (secondary N) is 2. The highest BCUT2D eigenvalue weighted by molar-refractivity contribution is 7.89. The van der Waals surface area contributed by atoms with Gasteiger partial charge in [0.15, 0.2) is 5.11 Å². The molecule has 0 heterocycles. The van der Waals surface area contributed by atoms with Gasteiger partial charge in [-0.15, -0.1) is 0 Å². The number of benzene rings is 2. The molecule has 0 aliphatic rings. The van der Waals surface area contributed by atoms with E-state index in [1.165, 1.54) is 23.5 Å². The number of nitrogens with zero attached hydrogens (tertiary/aromatic N) is 1. The van der Waals surface area contributed by atoms with E-state index in [4.69, 9.17) is 17.0 Å². The first-order valence-corrected chi connectivity index (χ1v) is 11.4. The number of hydrogen-bond acceptors (Lipinski definition) is 6. The van der Waals surface area contributed by atoms with Gasteiger partial charge in [-0.05, 0) is 49.0 Å². The van der Waals surface area contributed by atoms with Crippen molar-refractivity contribution in [2.75, 3.05) is 19.0 Å². The lowest BCUT2D eigenvalue weighted by Gasteiger charge is -2.17. The van der Waals surface area contributed by atoms with Gasteiger partial charge < -0.3 is 15.4 Å². The van der Waals surface area contributed by atoms with Crippen molar-refractivity contribution in [3.8, 4) is 0 Å². The normalized spacial score (nSPS) is 11.1. The summed E-state index contributed by atoms with van der Waals surface area (Å²) < 4.78 is 31.6. The molecule has 0 aliphatic carbocycles. The average Bonchev–Trinajstić information content (AvgIpc) is 2.73. The van der Waals surface area contributed by atoms with Crippen molar-refractivity contribution in [1.82, 2.24) is 9.62 Å². The average molecular weight is 464 g/mol. The molecule has 0 saturated heterocycles. The highest BCUT2D eigenvalue weighted by Crippen LogP contribution is 2.19. The smallest absolute Gasteiger partial charge is 0.306 e. The van der Waals surface area contributed by atoms with E-state index in [9.17, 15) is 18.0 Å². The predicted molar refractivity (Wildman–Crippen MR) is 122 cm³/mol. The summed E-state index contributed by atoms with van der Waals surface area (Å²) in [5, 5.41) is 5.32. The third-order valence-corrected chi connectivity index (χ3v) is 6.20. The van der Waals surface area contributed by atoms with Gasteiger partial charge in [-0.2, -0.15) is 4.31 Å². The van der Waals surface area contributed by atoms with Gasteiger partial charge in [0.25, 0.3) is 0 Å². The van der Waals surface area contributed by atoms with Crippen molar-refractivity contribution in [2.45, 2.75) is 31.2 Å². The van der Waals surface area contributed by atoms with Gasteiger partial charge in [-0.3, -0.25) is 9.59 Å². The van der Waals surface area contributed by atoms with Crippen molar-refractivity contribution >= 4 is 44.9 Å². The number of hydrogen-bond donors (Lipinski definition) is 2. The van der Waals surface area contributed by atoms with Crippen molar-refractivity contribution in [3.63, 3.8) is 0 Å². The molecule has 10 heteroatoms. The fourth-order valence-corrected chi connectivity index (χ4v) is 4.01. The Bertz CT molecular complexity index is 1010. The highest BCUT2D eigenvalue weighted by atomic mass is 32.2. The van der Waals surface area contributed by atoms with Gasteiger partial charge >= 0.3 is 5.97 Å². The minimum absolute atomic E-state index is 0.0364. The monoisotopic (exact) mass is 463 g/mol. The summed E-state index contributed by atoms with van der Waals surface area (Å²) in [6.45, 7) is 2.20. The van der Waals surface area contributed by atoms with Gasteiger partial charge in [0.1, 0.15) is 0 Å². The Balaban J connectivity index is 1.91. The molecule has 0 bridgehead atoms. The van der Waals surface area contributed by atoms with Crippen LogP contribution in [0.3, 0.4) is 0 Å². The van der Waals surface area contributed by atoms with E-state index in [0.29, 0.717) is 5.69 Å². The number of ether oxygens (including phenoxy) is 1.